The van der Waals surface area contributed by atoms with Crippen molar-refractivity contribution in [1.82, 2.24) is 0 Å². The van der Waals surface area contributed by atoms with Crippen LogP contribution in [0.3, 0.4) is 0 Å². The molecule has 0 amide bonds. The van der Waals surface area contributed by atoms with E-state index in [1.165, 1.54) is 14.0 Å². The van der Waals surface area contributed by atoms with Gasteiger partial charge in [0, 0.05) is 13.5 Å². The monoisotopic (exact) mass is 312 g/mol. The second-order valence-electron chi connectivity index (χ2n) is 3.72. The van der Waals surface area contributed by atoms with Gasteiger partial charge in [-0.25, -0.2) is 0 Å². The molecule has 5 nitrogen and oxygen atoms in total. The van der Waals surface area contributed by atoms with Crippen molar-refractivity contribution in [3.63, 3.8) is 0 Å². The molecule has 18 heavy (non-hydrogen) atoms. The predicted molar refractivity (Wildman–Crippen MR) is 55.4 cm³/mol. The van der Waals surface area contributed by atoms with Gasteiger partial charge in [0.2, 0.25) is 0 Å². The minimum Gasteiger partial charge on any atom is -0.356 e. The fraction of sp³-hybridized carbons (Fsp3) is 1.00. The maximum absolute atomic E-state index is 12.2. The third kappa shape index (κ3) is 3.47. The molecule has 1 aliphatic heterocycles. The van der Waals surface area contributed by atoms with E-state index in [1.807, 2.05) is 0 Å². The van der Waals surface area contributed by atoms with E-state index >= 15 is 0 Å². The van der Waals surface area contributed by atoms with Gasteiger partial charge in [-0.2, -0.15) is 21.6 Å². The molecule has 0 N–H and O–H groups in total. The molecular formula is C8H12ClF3O5S. The molecule has 1 saturated heterocycles. The van der Waals surface area contributed by atoms with Crippen LogP contribution < -0.4 is 0 Å². The van der Waals surface area contributed by atoms with Crippen LogP contribution in [0.2, 0.25) is 0 Å². The molecule has 1 rings (SSSR count). The Labute approximate surface area is 107 Å². The fourth-order valence-corrected chi connectivity index (χ4v) is 2.63. The second kappa shape index (κ2) is 5.49. The molecule has 1 fully saturated rings. The highest BCUT2D eigenvalue weighted by atomic mass is 35.5. The van der Waals surface area contributed by atoms with E-state index in [4.69, 9.17) is 21.1 Å². The first-order valence-corrected chi connectivity index (χ1v) is 6.75. The van der Waals surface area contributed by atoms with Gasteiger partial charge in [0.05, 0.1) is 11.5 Å². The maximum Gasteiger partial charge on any atom is 0.523 e. The Morgan fingerprint density at radius 1 is 1.39 bits per heavy atom. The molecule has 0 radical (unpaired) electrons. The SMILES string of the molecule is COC1C[C@H](Cl)[C@@H](OS(=O)(=O)C(F)(F)F)[C@H](C)O1. The van der Waals surface area contributed by atoms with Crippen LogP contribution in [-0.4, -0.2) is 44.9 Å². The molecule has 1 aliphatic rings. The van der Waals surface area contributed by atoms with Crippen LogP contribution in [0, 0.1) is 0 Å². The van der Waals surface area contributed by atoms with Crippen LogP contribution in [0.5, 0.6) is 0 Å². The van der Waals surface area contributed by atoms with Gasteiger partial charge in [0.25, 0.3) is 0 Å². The van der Waals surface area contributed by atoms with Crippen molar-refractivity contribution < 1.29 is 35.2 Å². The number of methoxy groups -OCH3 is 1. The Kier molecular flexibility index (Phi) is 4.87. The summed E-state index contributed by atoms with van der Waals surface area (Å²) in [6.07, 6.45) is -3.02. The number of hydrogen-bond acceptors (Lipinski definition) is 5. The zero-order chi connectivity index (χ0) is 14.1. The number of ether oxygens (including phenoxy) is 2. The summed E-state index contributed by atoms with van der Waals surface area (Å²) in [5.41, 5.74) is -5.48. The van der Waals surface area contributed by atoms with Gasteiger partial charge in [-0.3, -0.25) is 4.18 Å². The number of rotatable bonds is 3. The lowest BCUT2D eigenvalue weighted by Crippen LogP contribution is -2.48. The van der Waals surface area contributed by atoms with E-state index < -0.39 is 39.5 Å². The molecule has 0 bridgehead atoms. The Bertz CT molecular complexity index is 373. The molecule has 1 heterocycles. The van der Waals surface area contributed by atoms with Crippen LogP contribution in [0.15, 0.2) is 0 Å². The van der Waals surface area contributed by atoms with E-state index in [2.05, 4.69) is 4.18 Å². The smallest absolute Gasteiger partial charge is 0.356 e. The zero-order valence-electron chi connectivity index (χ0n) is 9.48. The third-order valence-electron chi connectivity index (χ3n) is 2.39. The first-order valence-electron chi connectivity index (χ1n) is 4.90. The van der Waals surface area contributed by atoms with Crippen molar-refractivity contribution in [2.75, 3.05) is 7.11 Å². The molecule has 0 spiro atoms. The summed E-state index contributed by atoms with van der Waals surface area (Å²) in [7, 11) is -4.35. The van der Waals surface area contributed by atoms with Crippen LogP contribution in [0.4, 0.5) is 13.2 Å². The molecule has 108 valence electrons. The molecule has 0 aromatic carbocycles. The summed E-state index contributed by atoms with van der Waals surface area (Å²) in [6, 6.07) is 0. The van der Waals surface area contributed by atoms with Crippen molar-refractivity contribution in [1.29, 1.82) is 0 Å². The lowest BCUT2D eigenvalue weighted by molar-refractivity contribution is -0.200. The van der Waals surface area contributed by atoms with Gasteiger partial charge in [-0.05, 0) is 6.92 Å². The van der Waals surface area contributed by atoms with Gasteiger partial charge in [0.1, 0.15) is 6.10 Å². The minimum atomic E-state index is -5.69. The van der Waals surface area contributed by atoms with Crippen molar-refractivity contribution in [2.24, 2.45) is 0 Å². The Hall–Kier alpha value is -0.0900. The Balaban J connectivity index is 2.79. The fourth-order valence-electron chi connectivity index (χ4n) is 1.48. The summed E-state index contributed by atoms with van der Waals surface area (Å²) in [5, 5.41) is -0.962. The Morgan fingerprint density at radius 2 is 1.94 bits per heavy atom. The highest BCUT2D eigenvalue weighted by Crippen LogP contribution is 2.32. The van der Waals surface area contributed by atoms with Crippen LogP contribution in [0.25, 0.3) is 0 Å². The lowest BCUT2D eigenvalue weighted by Gasteiger charge is -2.36. The van der Waals surface area contributed by atoms with Gasteiger partial charge < -0.3 is 9.47 Å². The van der Waals surface area contributed by atoms with E-state index in [-0.39, 0.29) is 6.42 Å². The first-order chi connectivity index (χ1) is 8.08. The average molecular weight is 313 g/mol. The van der Waals surface area contributed by atoms with Gasteiger partial charge in [-0.1, -0.05) is 0 Å². The van der Waals surface area contributed by atoms with Gasteiger partial charge >= 0.3 is 15.6 Å². The molecule has 0 aliphatic carbocycles. The highest BCUT2D eigenvalue weighted by Gasteiger charge is 2.51. The van der Waals surface area contributed by atoms with Crippen molar-refractivity contribution >= 4 is 21.7 Å². The average Bonchev–Trinajstić information content (AvgIpc) is 2.21. The molecule has 1 unspecified atom stereocenters. The molecule has 0 aromatic heterocycles. The lowest BCUT2D eigenvalue weighted by atomic mass is 10.1. The summed E-state index contributed by atoms with van der Waals surface area (Å²) < 4.78 is 72.3. The zero-order valence-corrected chi connectivity index (χ0v) is 11.1. The molecule has 0 saturated carbocycles. The molecule has 4 atom stereocenters. The van der Waals surface area contributed by atoms with Crippen LogP contribution >= 0.6 is 11.6 Å². The topological polar surface area (TPSA) is 61.8 Å². The third-order valence-corrected chi connectivity index (χ3v) is 3.86. The second-order valence-corrected chi connectivity index (χ2v) is 5.84. The standard InChI is InChI=1S/C8H12ClF3O5S/c1-4-7(5(9)3-6(15-2)16-4)17-18(13,14)8(10,11)12/h4-7H,3H2,1-2H3/t4-,5-,6?,7-/m0/s1. The predicted octanol–water partition coefficient (Wildman–Crippen LogP) is 1.61. The minimum absolute atomic E-state index is 0.0282. The first kappa shape index (κ1) is 16.0. The number of halogens is 4. The number of alkyl halides is 4. The van der Waals surface area contributed by atoms with E-state index in [1.54, 1.807) is 0 Å². The maximum atomic E-state index is 12.2. The van der Waals surface area contributed by atoms with E-state index in [9.17, 15) is 21.6 Å². The summed E-state index contributed by atoms with van der Waals surface area (Å²) in [6.45, 7) is 1.36. The quantitative estimate of drug-likeness (QED) is 0.450. The molecular weight excluding hydrogens is 301 g/mol. The van der Waals surface area contributed by atoms with Crippen LogP contribution in [-0.2, 0) is 23.8 Å². The van der Waals surface area contributed by atoms with Gasteiger partial charge in [-0.15, -0.1) is 11.6 Å². The number of hydrogen-bond donors (Lipinski definition) is 0. The molecule has 10 heteroatoms. The van der Waals surface area contributed by atoms with Crippen molar-refractivity contribution in [3.05, 3.63) is 0 Å². The summed E-state index contributed by atoms with van der Waals surface area (Å²) >= 11 is 5.79. The highest BCUT2D eigenvalue weighted by molar-refractivity contribution is 7.87. The largest absolute Gasteiger partial charge is 0.523 e. The van der Waals surface area contributed by atoms with E-state index in [0.29, 0.717) is 0 Å². The molecule has 0 aromatic rings. The van der Waals surface area contributed by atoms with Crippen LogP contribution in [0.1, 0.15) is 13.3 Å². The van der Waals surface area contributed by atoms with Crippen molar-refractivity contribution in [2.45, 2.75) is 42.7 Å². The summed E-state index contributed by atoms with van der Waals surface area (Å²) in [4.78, 5) is 0. The summed E-state index contributed by atoms with van der Waals surface area (Å²) in [5.74, 6) is 0. The Morgan fingerprint density at radius 3 is 2.33 bits per heavy atom. The van der Waals surface area contributed by atoms with Gasteiger partial charge in [0.15, 0.2) is 6.29 Å². The normalized spacial score (nSPS) is 34.6. The van der Waals surface area contributed by atoms with Crippen molar-refractivity contribution in [3.8, 4) is 0 Å². The van der Waals surface area contributed by atoms with E-state index in [0.717, 1.165) is 0 Å².